The fourth-order valence-corrected chi connectivity index (χ4v) is 3.61. The second-order valence-electron chi connectivity index (χ2n) is 7.22. The van der Waals surface area contributed by atoms with E-state index in [4.69, 9.17) is 5.11 Å². The van der Waals surface area contributed by atoms with Crippen LogP contribution in [-0.4, -0.2) is 32.1 Å². The van der Waals surface area contributed by atoms with Gasteiger partial charge >= 0.3 is 6.09 Å². The van der Waals surface area contributed by atoms with Crippen molar-refractivity contribution in [2.24, 2.45) is 5.92 Å². The molecule has 1 amide bonds. The molecule has 3 N–H and O–H groups in total. The van der Waals surface area contributed by atoms with Gasteiger partial charge in [-0.2, -0.15) is 0 Å². The molecule has 1 aliphatic rings. The third-order valence-corrected chi connectivity index (χ3v) is 5.58. The van der Waals surface area contributed by atoms with E-state index in [1.54, 1.807) is 0 Å². The molecule has 0 aromatic rings. The highest BCUT2D eigenvalue weighted by molar-refractivity contribution is 7.90. The first-order valence-electron chi connectivity index (χ1n) is 7.36. The summed E-state index contributed by atoms with van der Waals surface area (Å²) in [6.07, 6.45) is 4.20. The second-order valence-corrected chi connectivity index (χ2v) is 9.19. The molecule has 122 valence electrons. The largest absolute Gasteiger partial charge is 0.598 e. The lowest BCUT2D eigenvalue weighted by atomic mass is 9.73. The summed E-state index contributed by atoms with van der Waals surface area (Å²) in [5.41, 5.74) is -0.265. The highest BCUT2D eigenvalue weighted by Crippen LogP contribution is 2.36. The maximum absolute atomic E-state index is 12.3. The molecule has 2 atom stereocenters. The van der Waals surface area contributed by atoms with Crippen LogP contribution in [0.2, 0.25) is 0 Å². The zero-order valence-corrected chi connectivity index (χ0v) is 14.3. The van der Waals surface area contributed by atoms with Crippen LogP contribution in [0.25, 0.3) is 0 Å². The Morgan fingerprint density at radius 3 is 2.43 bits per heavy atom. The topological polar surface area (TPSA) is 84.4 Å². The third kappa shape index (κ3) is 5.88. The van der Waals surface area contributed by atoms with Gasteiger partial charge in [0.25, 0.3) is 0 Å². The molecule has 0 bridgehead atoms. The Bertz CT molecular complexity index is 378. The summed E-state index contributed by atoms with van der Waals surface area (Å²) in [5, 5.41) is 11.2. The van der Waals surface area contributed by atoms with Gasteiger partial charge in [0.05, 0.1) is 5.54 Å². The predicted molar refractivity (Wildman–Crippen MR) is 86.5 cm³/mol. The average molecular weight is 316 g/mol. The number of nitrogens with one attached hydrogen (secondary N) is 2. The molecule has 0 aromatic carbocycles. The molecule has 0 spiro atoms. The number of carbonyl (C=O) groups is 1. The molecule has 0 radical (unpaired) electrons. The van der Waals surface area contributed by atoms with Gasteiger partial charge in [0.2, 0.25) is 0 Å². The van der Waals surface area contributed by atoms with Crippen molar-refractivity contribution in [1.29, 1.82) is 0 Å². The van der Waals surface area contributed by atoms with Crippen molar-refractivity contribution in [2.75, 3.05) is 0 Å². The van der Waals surface area contributed by atoms with Crippen LogP contribution in [0.3, 0.4) is 0 Å². The molecule has 0 heterocycles. The molecule has 1 aliphatic carbocycles. The van der Waals surface area contributed by atoms with Crippen LogP contribution in [0.1, 0.15) is 53.4 Å². The lowest BCUT2D eigenvalue weighted by Crippen LogP contribution is -2.54. The van der Waals surface area contributed by atoms with Crippen LogP contribution in [0.5, 0.6) is 0 Å². The summed E-state index contributed by atoms with van der Waals surface area (Å²) in [7, 11) is 0. The lowest BCUT2D eigenvalue weighted by Gasteiger charge is -2.42. The van der Waals surface area contributed by atoms with E-state index < -0.39 is 17.5 Å². The molecule has 0 aliphatic heterocycles. The average Bonchev–Trinajstić information content (AvgIpc) is 2.24. The molecule has 6 heteroatoms. The summed E-state index contributed by atoms with van der Waals surface area (Å²) in [6, 6.07) is 0.0635. The minimum Gasteiger partial charge on any atom is -0.598 e. The summed E-state index contributed by atoms with van der Waals surface area (Å²) < 4.78 is 15.3. The molecule has 1 fully saturated rings. The van der Waals surface area contributed by atoms with Gasteiger partial charge in [-0.25, -0.2) is 4.79 Å². The van der Waals surface area contributed by atoms with Crippen molar-refractivity contribution in [1.82, 2.24) is 10.0 Å². The van der Waals surface area contributed by atoms with Gasteiger partial charge < -0.3 is 15.0 Å². The first kappa shape index (κ1) is 18.3. The summed E-state index contributed by atoms with van der Waals surface area (Å²) in [5.74, 6) is 0.455. The Kier molecular flexibility index (Phi) is 6.13. The minimum atomic E-state index is -1.13. The molecule has 21 heavy (non-hydrogen) atoms. The SMILES string of the molecule is C=CC[C@@](C)(CC1CC(NC(=O)O)C1)N[S@+]([O-])C(C)(C)C. The molecular formula is C15H28N2O3S. The molecule has 0 unspecified atom stereocenters. The van der Waals surface area contributed by atoms with Crippen molar-refractivity contribution >= 4 is 17.5 Å². The van der Waals surface area contributed by atoms with Crippen molar-refractivity contribution in [3.05, 3.63) is 12.7 Å². The summed E-state index contributed by atoms with van der Waals surface area (Å²) in [6.45, 7) is 11.7. The normalized spacial score (nSPS) is 26.3. The number of amides is 1. The van der Waals surface area contributed by atoms with Gasteiger partial charge in [-0.15, -0.1) is 11.3 Å². The fraction of sp³-hybridized carbons (Fsp3) is 0.800. The zero-order valence-electron chi connectivity index (χ0n) is 13.4. The summed E-state index contributed by atoms with van der Waals surface area (Å²) >= 11 is -1.13. The smallest absolute Gasteiger partial charge is 0.404 e. The quantitative estimate of drug-likeness (QED) is 0.498. The van der Waals surface area contributed by atoms with Gasteiger partial charge in [0, 0.05) is 17.4 Å². The Hall–Kier alpha value is -0.720. The van der Waals surface area contributed by atoms with Gasteiger partial charge in [0.1, 0.15) is 4.75 Å². The lowest BCUT2D eigenvalue weighted by molar-refractivity contribution is 0.148. The third-order valence-electron chi connectivity index (χ3n) is 3.79. The van der Waals surface area contributed by atoms with Gasteiger partial charge in [0.15, 0.2) is 0 Å². The predicted octanol–water partition coefficient (Wildman–Crippen LogP) is 2.81. The maximum Gasteiger partial charge on any atom is 0.404 e. The minimum absolute atomic E-state index is 0.0635. The highest BCUT2D eigenvalue weighted by atomic mass is 32.2. The van der Waals surface area contributed by atoms with Crippen LogP contribution >= 0.6 is 0 Å². The van der Waals surface area contributed by atoms with E-state index in [1.807, 2.05) is 26.8 Å². The van der Waals surface area contributed by atoms with E-state index in [1.165, 1.54) is 0 Å². The molecule has 0 aromatic heterocycles. The molecular weight excluding hydrogens is 288 g/mol. The van der Waals surface area contributed by atoms with E-state index in [0.717, 1.165) is 25.7 Å². The van der Waals surface area contributed by atoms with E-state index in [2.05, 4.69) is 23.5 Å². The highest BCUT2D eigenvalue weighted by Gasteiger charge is 2.40. The Morgan fingerprint density at radius 1 is 1.43 bits per heavy atom. The molecule has 1 saturated carbocycles. The standard InChI is InChI=1S/C15H28N2O3S/c1-6-7-15(5,17-21(20)14(2,3)4)10-11-8-12(9-11)16-13(18)19/h6,11-12,16-17H,1,7-10H2,2-5H3,(H,18,19)/t11?,12?,15-,21+/m0/s1. The van der Waals surface area contributed by atoms with Crippen LogP contribution < -0.4 is 10.0 Å². The van der Waals surface area contributed by atoms with Gasteiger partial charge in [-0.1, -0.05) is 6.08 Å². The van der Waals surface area contributed by atoms with E-state index in [-0.39, 0.29) is 16.3 Å². The molecule has 0 saturated heterocycles. The Morgan fingerprint density at radius 2 is 2.00 bits per heavy atom. The number of rotatable bonds is 7. The first-order chi connectivity index (χ1) is 9.55. The van der Waals surface area contributed by atoms with Crippen molar-refractivity contribution < 1.29 is 14.5 Å². The number of hydrogen-bond donors (Lipinski definition) is 3. The first-order valence-corrected chi connectivity index (χ1v) is 8.51. The Labute approximate surface area is 130 Å². The van der Waals surface area contributed by atoms with Crippen molar-refractivity contribution in [3.8, 4) is 0 Å². The van der Waals surface area contributed by atoms with E-state index in [0.29, 0.717) is 5.92 Å². The number of carboxylic acid groups (broad SMARTS) is 1. The van der Waals surface area contributed by atoms with Gasteiger partial charge in [-0.05, 0) is 59.3 Å². The second kappa shape index (κ2) is 7.03. The summed E-state index contributed by atoms with van der Waals surface area (Å²) in [4.78, 5) is 10.6. The monoisotopic (exact) mass is 316 g/mol. The fourth-order valence-electron chi connectivity index (χ4n) is 2.69. The molecule has 1 rings (SSSR count). The van der Waals surface area contributed by atoms with Crippen LogP contribution in [0.15, 0.2) is 12.7 Å². The maximum atomic E-state index is 12.3. The van der Waals surface area contributed by atoms with Crippen LogP contribution in [0.4, 0.5) is 4.79 Å². The Balaban J connectivity index is 2.53. The van der Waals surface area contributed by atoms with E-state index in [9.17, 15) is 9.35 Å². The molecule has 5 nitrogen and oxygen atoms in total. The van der Waals surface area contributed by atoms with E-state index >= 15 is 0 Å². The zero-order chi connectivity index (χ0) is 16.3. The number of hydrogen-bond acceptors (Lipinski definition) is 3. The van der Waals surface area contributed by atoms with Crippen LogP contribution in [-0.2, 0) is 11.4 Å². The van der Waals surface area contributed by atoms with Gasteiger partial charge in [-0.3, -0.25) is 0 Å². The van der Waals surface area contributed by atoms with Crippen molar-refractivity contribution in [3.63, 3.8) is 0 Å². The van der Waals surface area contributed by atoms with Crippen LogP contribution in [0, 0.1) is 5.92 Å². The van der Waals surface area contributed by atoms with Crippen molar-refractivity contribution in [2.45, 2.75) is 69.7 Å².